The number of phosphoric acid groups is 2. The molecule has 19 heteroatoms. The van der Waals surface area contributed by atoms with Crippen molar-refractivity contribution in [1.82, 2.24) is 0 Å². The summed E-state index contributed by atoms with van der Waals surface area (Å²) < 4.78 is 67.6. The maximum Gasteiger partial charge on any atom is 0.472 e. The number of unbranched alkanes of at least 4 members (excludes halogenated alkanes) is 29. The van der Waals surface area contributed by atoms with E-state index >= 15 is 0 Å². The summed E-state index contributed by atoms with van der Waals surface area (Å²) in [7, 11) is -9.87. The Bertz CT molecular complexity index is 1560. The van der Waals surface area contributed by atoms with E-state index in [0.29, 0.717) is 31.6 Å². The monoisotopic (exact) mass is 1170 g/mol. The maximum atomic E-state index is 12.9. The molecule has 0 saturated heterocycles. The first-order chi connectivity index (χ1) is 37.9. The Balaban J connectivity index is 5.18. The molecule has 79 heavy (non-hydrogen) atoms. The third-order valence-electron chi connectivity index (χ3n) is 13.7. The molecule has 0 aliphatic rings. The Morgan fingerprint density at radius 3 is 0.861 bits per heavy atom. The van der Waals surface area contributed by atoms with Crippen LogP contribution >= 0.6 is 15.6 Å². The lowest BCUT2D eigenvalue weighted by Gasteiger charge is -2.21. The van der Waals surface area contributed by atoms with Gasteiger partial charge in [-0.2, -0.15) is 0 Å². The predicted molar refractivity (Wildman–Crippen MR) is 312 cm³/mol. The molecule has 0 aliphatic carbocycles. The lowest BCUT2D eigenvalue weighted by atomic mass is 10.0. The van der Waals surface area contributed by atoms with Crippen LogP contribution in [0.2, 0.25) is 0 Å². The van der Waals surface area contributed by atoms with Gasteiger partial charge in [0.25, 0.3) is 0 Å². The van der Waals surface area contributed by atoms with Crippen molar-refractivity contribution in [3.05, 3.63) is 0 Å². The predicted octanol–water partition coefficient (Wildman–Crippen LogP) is 16.1. The van der Waals surface area contributed by atoms with Crippen molar-refractivity contribution in [1.29, 1.82) is 0 Å². The van der Waals surface area contributed by atoms with E-state index in [9.17, 15) is 43.2 Å². The van der Waals surface area contributed by atoms with Crippen LogP contribution < -0.4 is 0 Å². The molecule has 0 aromatic heterocycles. The van der Waals surface area contributed by atoms with Crippen LogP contribution in [-0.2, 0) is 65.4 Å². The highest BCUT2D eigenvalue weighted by Crippen LogP contribution is 2.45. The largest absolute Gasteiger partial charge is 0.472 e. The standard InChI is InChI=1S/C60H116O17P2/c1-7-9-11-13-15-24-32-38-44-59(64)76-55(48-70-57(62)42-36-30-22-14-12-10-8-2)50-74-78(66,67)72-46-54(61)47-73-79(68,69)75-51-56(49-71-58(63)43-37-31-27-26-29-35-41-53(5)6)77-60(65)45-39-33-25-21-19-17-16-18-20-23-28-34-40-52(3)4/h52-56,61H,7-51H2,1-6H3,(H,66,67)(H,68,69)/t54-,55+,56+/m0/s1. The Hall–Kier alpha value is -1.94. The minimum absolute atomic E-state index is 0.104. The topological polar surface area (TPSA) is 237 Å². The lowest BCUT2D eigenvalue weighted by Crippen LogP contribution is -2.30. The molecule has 0 spiro atoms. The molecule has 0 aliphatic heterocycles. The number of hydrogen-bond donors (Lipinski definition) is 3. The van der Waals surface area contributed by atoms with Gasteiger partial charge in [0, 0.05) is 25.7 Å². The lowest BCUT2D eigenvalue weighted by molar-refractivity contribution is -0.161. The van der Waals surface area contributed by atoms with Crippen LogP contribution in [0.15, 0.2) is 0 Å². The Morgan fingerprint density at radius 1 is 0.342 bits per heavy atom. The first-order valence-corrected chi connectivity index (χ1v) is 34.5. The van der Waals surface area contributed by atoms with Crippen LogP contribution in [0.3, 0.4) is 0 Å². The molecular weight excluding hydrogens is 1050 g/mol. The number of esters is 4. The second-order valence-corrected chi connectivity index (χ2v) is 25.6. The van der Waals surface area contributed by atoms with Gasteiger partial charge < -0.3 is 33.8 Å². The summed E-state index contributed by atoms with van der Waals surface area (Å²) in [6.07, 6.45) is 33.8. The van der Waals surface area contributed by atoms with Crippen molar-refractivity contribution in [2.24, 2.45) is 11.8 Å². The second-order valence-electron chi connectivity index (χ2n) is 22.7. The minimum Gasteiger partial charge on any atom is -0.462 e. The molecule has 0 bridgehead atoms. The molecule has 0 radical (unpaired) electrons. The number of ether oxygens (including phenoxy) is 4. The van der Waals surface area contributed by atoms with Crippen LogP contribution in [0.4, 0.5) is 0 Å². The van der Waals surface area contributed by atoms with Crippen molar-refractivity contribution in [2.75, 3.05) is 39.6 Å². The van der Waals surface area contributed by atoms with Crippen molar-refractivity contribution in [3.63, 3.8) is 0 Å². The van der Waals surface area contributed by atoms with E-state index in [2.05, 4.69) is 41.5 Å². The molecule has 0 aromatic carbocycles. The molecule has 468 valence electrons. The van der Waals surface area contributed by atoms with E-state index in [1.165, 1.54) is 83.5 Å². The van der Waals surface area contributed by atoms with Crippen molar-refractivity contribution >= 4 is 39.5 Å². The van der Waals surface area contributed by atoms with Gasteiger partial charge in [0.05, 0.1) is 26.4 Å². The smallest absolute Gasteiger partial charge is 0.462 e. The number of hydrogen-bond acceptors (Lipinski definition) is 15. The van der Waals surface area contributed by atoms with Gasteiger partial charge in [-0.3, -0.25) is 37.3 Å². The van der Waals surface area contributed by atoms with Crippen LogP contribution in [0.5, 0.6) is 0 Å². The third kappa shape index (κ3) is 55.0. The highest BCUT2D eigenvalue weighted by molar-refractivity contribution is 7.47. The van der Waals surface area contributed by atoms with Crippen molar-refractivity contribution in [2.45, 2.75) is 310 Å². The number of rotatable bonds is 59. The van der Waals surface area contributed by atoms with E-state index in [4.69, 9.17) is 37.0 Å². The van der Waals surface area contributed by atoms with Gasteiger partial charge in [0.1, 0.15) is 19.3 Å². The third-order valence-corrected chi connectivity index (χ3v) is 15.6. The van der Waals surface area contributed by atoms with Crippen LogP contribution in [0.25, 0.3) is 0 Å². The highest BCUT2D eigenvalue weighted by atomic mass is 31.2. The summed E-state index contributed by atoms with van der Waals surface area (Å²) in [5.41, 5.74) is 0. The molecule has 3 N–H and O–H groups in total. The van der Waals surface area contributed by atoms with Gasteiger partial charge in [0.15, 0.2) is 12.2 Å². The molecular formula is C60H116O17P2. The van der Waals surface area contributed by atoms with E-state index < -0.39 is 97.5 Å². The van der Waals surface area contributed by atoms with Crippen LogP contribution in [0.1, 0.15) is 292 Å². The van der Waals surface area contributed by atoms with Crippen molar-refractivity contribution < 1.29 is 80.2 Å². The summed E-state index contributed by atoms with van der Waals surface area (Å²) in [4.78, 5) is 71.8. The molecule has 17 nitrogen and oxygen atoms in total. The van der Waals surface area contributed by atoms with E-state index in [1.807, 2.05) is 0 Å². The molecule has 0 saturated carbocycles. The molecule has 5 atom stereocenters. The molecule has 0 amide bonds. The quantitative estimate of drug-likeness (QED) is 0.0222. The summed E-state index contributed by atoms with van der Waals surface area (Å²) in [6.45, 7) is 9.32. The number of phosphoric ester groups is 2. The fourth-order valence-corrected chi connectivity index (χ4v) is 10.4. The van der Waals surface area contributed by atoms with Crippen LogP contribution in [-0.4, -0.2) is 96.7 Å². The number of aliphatic hydroxyl groups excluding tert-OH is 1. The van der Waals surface area contributed by atoms with Gasteiger partial charge >= 0.3 is 39.5 Å². The fraction of sp³-hybridized carbons (Fsp3) is 0.933. The summed E-state index contributed by atoms with van der Waals surface area (Å²) in [5.74, 6) is -0.692. The van der Waals surface area contributed by atoms with Gasteiger partial charge in [-0.05, 0) is 37.5 Å². The highest BCUT2D eigenvalue weighted by Gasteiger charge is 2.30. The van der Waals surface area contributed by atoms with E-state index in [1.54, 1.807) is 0 Å². The number of carbonyl (C=O) groups excluding carboxylic acids is 4. The normalized spacial score (nSPS) is 14.4. The zero-order valence-corrected chi connectivity index (χ0v) is 52.4. The maximum absolute atomic E-state index is 12.9. The minimum atomic E-state index is -4.94. The molecule has 0 rings (SSSR count). The molecule has 2 unspecified atom stereocenters. The summed E-state index contributed by atoms with van der Waals surface area (Å²) in [5, 5.41) is 10.5. The van der Waals surface area contributed by atoms with Crippen molar-refractivity contribution in [3.8, 4) is 0 Å². The zero-order chi connectivity index (χ0) is 58.7. The first kappa shape index (κ1) is 77.1. The average molecular weight is 1170 g/mol. The zero-order valence-electron chi connectivity index (χ0n) is 50.7. The second kappa shape index (κ2) is 52.8. The number of aliphatic hydroxyl groups is 1. The SMILES string of the molecule is CCCCCCCCCCC(=O)O[C@H](COC(=O)CCCCCCCCC)COP(=O)(O)OC[C@H](O)COP(=O)(O)OC[C@@H](COC(=O)CCCCCCCCC(C)C)OC(=O)CCCCCCCCCCCCCCC(C)C. The Labute approximate surface area is 479 Å². The van der Waals surface area contributed by atoms with Gasteiger partial charge in [-0.15, -0.1) is 0 Å². The van der Waals surface area contributed by atoms with Gasteiger partial charge in [0.2, 0.25) is 0 Å². The van der Waals surface area contributed by atoms with E-state index in [0.717, 1.165) is 121 Å². The summed E-state index contributed by atoms with van der Waals surface area (Å²) in [6, 6.07) is 0. The Kier molecular flexibility index (Phi) is 51.5. The summed E-state index contributed by atoms with van der Waals surface area (Å²) >= 11 is 0. The first-order valence-electron chi connectivity index (χ1n) is 31.5. The fourth-order valence-electron chi connectivity index (χ4n) is 8.82. The van der Waals surface area contributed by atoms with Crippen LogP contribution in [0, 0.1) is 11.8 Å². The molecule has 0 heterocycles. The average Bonchev–Trinajstić information content (AvgIpc) is 3.40. The van der Waals surface area contributed by atoms with Gasteiger partial charge in [-0.1, -0.05) is 241 Å². The number of carbonyl (C=O) groups is 4. The van der Waals surface area contributed by atoms with E-state index in [-0.39, 0.29) is 25.7 Å². The van der Waals surface area contributed by atoms with Gasteiger partial charge in [-0.25, -0.2) is 9.13 Å². The molecule has 0 fully saturated rings. The Morgan fingerprint density at radius 2 is 0.582 bits per heavy atom. The molecule has 0 aromatic rings.